The predicted molar refractivity (Wildman–Crippen MR) is 86.5 cm³/mol. The Kier molecular flexibility index (Phi) is 5.24. The molecule has 1 atom stereocenters. The van der Waals surface area contributed by atoms with Crippen molar-refractivity contribution in [2.24, 2.45) is 5.73 Å². The smallest absolute Gasteiger partial charge is 0.301 e. The van der Waals surface area contributed by atoms with Gasteiger partial charge in [0.25, 0.3) is 0 Å². The molecule has 6 heteroatoms. The van der Waals surface area contributed by atoms with Gasteiger partial charge in [-0.3, -0.25) is 4.72 Å². The maximum absolute atomic E-state index is 12.7. The average molecular weight is 311 g/mol. The number of rotatable bonds is 5. The molecule has 0 saturated carbocycles. The minimum Gasteiger partial charge on any atom is -0.329 e. The zero-order valence-electron chi connectivity index (χ0n) is 12.7. The van der Waals surface area contributed by atoms with Gasteiger partial charge in [0, 0.05) is 19.1 Å². The summed E-state index contributed by atoms with van der Waals surface area (Å²) in [7, 11) is -3.55. The largest absolute Gasteiger partial charge is 0.329 e. The number of nitrogens with two attached hydrogens (primary N) is 1. The summed E-state index contributed by atoms with van der Waals surface area (Å²) in [4.78, 5) is 0. The van der Waals surface area contributed by atoms with Crippen LogP contribution in [0.4, 0.5) is 5.69 Å². The van der Waals surface area contributed by atoms with Gasteiger partial charge in [-0.15, -0.1) is 0 Å². The molecule has 2 rings (SSSR count). The lowest BCUT2D eigenvalue weighted by atomic mass is 10.0. The molecule has 1 aromatic rings. The molecule has 21 heavy (non-hydrogen) atoms. The van der Waals surface area contributed by atoms with E-state index in [1.807, 2.05) is 24.3 Å². The van der Waals surface area contributed by atoms with Crippen LogP contribution in [0.1, 0.15) is 44.6 Å². The number of piperidine rings is 1. The first-order valence-corrected chi connectivity index (χ1v) is 8.98. The first-order valence-electron chi connectivity index (χ1n) is 7.54. The lowest BCUT2D eigenvalue weighted by Crippen LogP contribution is -2.49. The quantitative estimate of drug-likeness (QED) is 0.876. The monoisotopic (exact) mass is 311 g/mol. The van der Waals surface area contributed by atoms with E-state index in [0.29, 0.717) is 18.8 Å². The number of hydrogen-bond donors (Lipinski definition) is 2. The molecule has 1 aliphatic heterocycles. The van der Waals surface area contributed by atoms with Gasteiger partial charge < -0.3 is 5.73 Å². The third-order valence-corrected chi connectivity index (χ3v) is 5.55. The summed E-state index contributed by atoms with van der Waals surface area (Å²) in [6.45, 7) is 5.02. The average Bonchev–Trinajstić information content (AvgIpc) is 2.47. The molecule has 1 aromatic carbocycles. The standard InChI is InChI=1S/C15H25N3O2S/c1-12(2)14-8-3-4-9-15(14)17-21(19,20)18-10-6-5-7-13(18)11-16/h3-4,8-9,12-13,17H,5-7,10-11,16H2,1-2H3. The molecular weight excluding hydrogens is 286 g/mol. The van der Waals surface area contributed by atoms with Crippen LogP contribution in [0.15, 0.2) is 24.3 Å². The van der Waals surface area contributed by atoms with E-state index in [2.05, 4.69) is 18.6 Å². The summed E-state index contributed by atoms with van der Waals surface area (Å²) in [5.74, 6) is 0.260. The zero-order valence-corrected chi connectivity index (χ0v) is 13.6. The van der Waals surface area contributed by atoms with Gasteiger partial charge in [0.2, 0.25) is 0 Å². The van der Waals surface area contributed by atoms with E-state index < -0.39 is 10.2 Å². The van der Waals surface area contributed by atoms with Gasteiger partial charge in [-0.1, -0.05) is 38.5 Å². The van der Waals surface area contributed by atoms with E-state index in [1.54, 1.807) is 0 Å². The number of nitrogens with one attached hydrogen (secondary N) is 1. The highest BCUT2D eigenvalue weighted by Gasteiger charge is 2.31. The van der Waals surface area contributed by atoms with Crippen LogP contribution in [-0.2, 0) is 10.2 Å². The summed E-state index contributed by atoms with van der Waals surface area (Å²) < 4.78 is 29.6. The molecule has 1 unspecified atom stereocenters. The third kappa shape index (κ3) is 3.75. The molecule has 1 saturated heterocycles. The van der Waals surface area contributed by atoms with Crippen molar-refractivity contribution in [3.05, 3.63) is 29.8 Å². The van der Waals surface area contributed by atoms with Crippen LogP contribution >= 0.6 is 0 Å². The van der Waals surface area contributed by atoms with Crippen LogP contribution < -0.4 is 10.5 Å². The van der Waals surface area contributed by atoms with Gasteiger partial charge in [-0.05, 0) is 30.4 Å². The van der Waals surface area contributed by atoms with Crippen LogP contribution in [0.2, 0.25) is 0 Å². The molecule has 0 bridgehead atoms. The van der Waals surface area contributed by atoms with E-state index in [1.165, 1.54) is 4.31 Å². The van der Waals surface area contributed by atoms with Crippen molar-refractivity contribution in [3.63, 3.8) is 0 Å². The molecule has 0 radical (unpaired) electrons. The van der Waals surface area contributed by atoms with Gasteiger partial charge >= 0.3 is 10.2 Å². The third-order valence-electron chi connectivity index (χ3n) is 3.98. The normalized spacial score (nSPS) is 20.7. The minimum absolute atomic E-state index is 0.0949. The summed E-state index contributed by atoms with van der Waals surface area (Å²) in [6, 6.07) is 7.45. The van der Waals surface area contributed by atoms with Gasteiger partial charge in [0.05, 0.1) is 5.69 Å². The second-order valence-electron chi connectivity index (χ2n) is 5.85. The van der Waals surface area contributed by atoms with E-state index in [-0.39, 0.29) is 12.0 Å². The summed E-state index contributed by atoms with van der Waals surface area (Å²) in [6.07, 6.45) is 2.77. The van der Waals surface area contributed by atoms with Crippen LogP contribution in [0.25, 0.3) is 0 Å². The Morgan fingerprint density at radius 2 is 2.05 bits per heavy atom. The maximum Gasteiger partial charge on any atom is 0.301 e. The second kappa shape index (κ2) is 6.77. The van der Waals surface area contributed by atoms with Crippen molar-refractivity contribution in [1.82, 2.24) is 4.31 Å². The minimum atomic E-state index is -3.55. The second-order valence-corrected chi connectivity index (χ2v) is 7.47. The van der Waals surface area contributed by atoms with Gasteiger partial charge in [-0.25, -0.2) is 0 Å². The fourth-order valence-electron chi connectivity index (χ4n) is 2.82. The molecule has 118 valence electrons. The SMILES string of the molecule is CC(C)c1ccccc1NS(=O)(=O)N1CCCCC1CN. The van der Waals surface area contributed by atoms with Crippen molar-refractivity contribution < 1.29 is 8.42 Å². The van der Waals surface area contributed by atoms with E-state index in [9.17, 15) is 8.42 Å². The molecule has 5 nitrogen and oxygen atoms in total. The first kappa shape index (κ1) is 16.3. The number of nitrogens with zero attached hydrogens (tertiary/aromatic N) is 1. The molecular formula is C15H25N3O2S. The fourth-order valence-corrected chi connectivity index (χ4v) is 4.35. The molecule has 0 spiro atoms. The molecule has 3 N–H and O–H groups in total. The number of hydrogen-bond acceptors (Lipinski definition) is 3. The van der Waals surface area contributed by atoms with Gasteiger partial charge in [0.1, 0.15) is 0 Å². The highest BCUT2D eigenvalue weighted by atomic mass is 32.2. The van der Waals surface area contributed by atoms with Crippen molar-refractivity contribution >= 4 is 15.9 Å². The number of benzene rings is 1. The van der Waals surface area contributed by atoms with Crippen molar-refractivity contribution in [2.75, 3.05) is 17.8 Å². The lowest BCUT2D eigenvalue weighted by Gasteiger charge is -2.34. The van der Waals surface area contributed by atoms with Crippen molar-refractivity contribution in [1.29, 1.82) is 0 Å². The van der Waals surface area contributed by atoms with Crippen molar-refractivity contribution in [3.8, 4) is 0 Å². The molecule has 0 aromatic heterocycles. The van der Waals surface area contributed by atoms with Crippen LogP contribution in [0, 0.1) is 0 Å². The molecule has 1 fully saturated rings. The topological polar surface area (TPSA) is 75.4 Å². The summed E-state index contributed by atoms with van der Waals surface area (Å²) in [5.41, 5.74) is 7.39. The van der Waals surface area contributed by atoms with E-state index >= 15 is 0 Å². The summed E-state index contributed by atoms with van der Waals surface area (Å²) in [5, 5.41) is 0. The van der Waals surface area contributed by atoms with Crippen molar-refractivity contribution in [2.45, 2.75) is 45.1 Å². The van der Waals surface area contributed by atoms with E-state index in [0.717, 1.165) is 24.8 Å². The molecule has 0 amide bonds. The Labute approximate surface area is 127 Å². The Bertz CT molecular complexity index is 572. The fraction of sp³-hybridized carbons (Fsp3) is 0.600. The van der Waals surface area contributed by atoms with Gasteiger partial charge in [0.15, 0.2) is 0 Å². The number of para-hydroxylation sites is 1. The zero-order chi connectivity index (χ0) is 15.5. The van der Waals surface area contributed by atoms with Crippen LogP contribution in [-0.4, -0.2) is 31.9 Å². The molecule has 1 aliphatic rings. The highest BCUT2D eigenvalue weighted by molar-refractivity contribution is 7.90. The van der Waals surface area contributed by atoms with Gasteiger partial charge in [-0.2, -0.15) is 12.7 Å². The Balaban J connectivity index is 2.25. The first-order chi connectivity index (χ1) is 9.95. The maximum atomic E-state index is 12.7. The van der Waals surface area contributed by atoms with Crippen LogP contribution in [0.5, 0.6) is 0 Å². The Morgan fingerprint density at radius 1 is 1.33 bits per heavy atom. The van der Waals surface area contributed by atoms with E-state index in [4.69, 9.17) is 5.73 Å². The Hall–Kier alpha value is -1.11. The number of anilines is 1. The molecule has 1 heterocycles. The lowest BCUT2D eigenvalue weighted by molar-refractivity contribution is 0.259. The predicted octanol–water partition coefficient (Wildman–Crippen LogP) is 2.28. The summed E-state index contributed by atoms with van der Waals surface area (Å²) >= 11 is 0. The highest BCUT2D eigenvalue weighted by Crippen LogP contribution is 2.27. The Morgan fingerprint density at radius 3 is 2.71 bits per heavy atom. The van der Waals surface area contributed by atoms with Crippen LogP contribution in [0.3, 0.4) is 0 Å². The molecule has 0 aliphatic carbocycles.